The van der Waals surface area contributed by atoms with E-state index in [9.17, 15) is 22.4 Å². The minimum Gasteiger partial charge on any atom is -0.324 e. The standard InChI is InChI=1S/C22H24FN3O4S/c23-17-9-11-18(12-10-17)31(29,30)25-13-3-5-16(15-25)22(28)24-19-6-1-2-7-20(19)26-14-4-8-21(26)27/h1-2,6-7,9-12,16H,3-5,8,13-15H2,(H,24,28). The van der Waals surface area contributed by atoms with Gasteiger partial charge in [0.1, 0.15) is 5.82 Å². The first-order chi connectivity index (χ1) is 14.9. The van der Waals surface area contributed by atoms with Gasteiger partial charge in [0.25, 0.3) is 0 Å². The van der Waals surface area contributed by atoms with Crippen molar-refractivity contribution in [3.63, 3.8) is 0 Å². The van der Waals surface area contributed by atoms with Crippen molar-refractivity contribution in [1.29, 1.82) is 0 Å². The van der Waals surface area contributed by atoms with E-state index in [-0.39, 0.29) is 23.3 Å². The molecule has 2 aliphatic heterocycles. The SMILES string of the molecule is O=C(Nc1ccccc1N1CCCC1=O)C1CCCN(S(=O)(=O)c2ccc(F)cc2)C1. The molecule has 4 rings (SSSR count). The van der Waals surface area contributed by atoms with E-state index in [1.54, 1.807) is 23.1 Å². The minimum atomic E-state index is -3.81. The van der Waals surface area contributed by atoms with Gasteiger partial charge in [0.05, 0.1) is 22.2 Å². The molecule has 0 bridgehead atoms. The van der Waals surface area contributed by atoms with Gasteiger partial charge in [-0.15, -0.1) is 0 Å². The van der Waals surface area contributed by atoms with Crippen LogP contribution in [-0.4, -0.2) is 44.2 Å². The predicted octanol–water partition coefficient (Wildman–Crippen LogP) is 2.99. The lowest BCUT2D eigenvalue weighted by Crippen LogP contribution is -2.43. The smallest absolute Gasteiger partial charge is 0.243 e. The molecule has 0 spiro atoms. The molecule has 0 saturated carbocycles. The summed E-state index contributed by atoms with van der Waals surface area (Å²) >= 11 is 0. The van der Waals surface area contributed by atoms with Gasteiger partial charge in [0.2, 0.25) is 21.8 Å². The highest BCUT2D eigenvalue weighted by atomic mass is 32.2. The Morgan fingerprint density at radius 1 is 1.03 bits per heavy atom. The van der Waals surface area contributed by atoms with Crippen LogP contribution < -0.4 is 10.2 Å². The summed E-state index contributed by atoms with van der Waals surface area (Å²) in [6, 6.07) is 11.8. The van der Waals surface area contributed by atoms with Crippen LogP contribution in [0.1, 0.15) is 25.7 Å². The van der Waals surface area contributed by atoms with Crippen molar-refractivity contribution in [3.8, 4) is 0 Å². The fourth-order valence-corrected chi connectivity index (χ4v) is 5.61. The highest BCUT2D eigenvalue weighted by Crippen LogP contribution is 2.31. The van der Waals surface area contributed by atoms with Gasteiger partial charge >= 0.3 is 0 Å². The average molecular weight is 446 g/mol. The number of rotatable bonds is 5. The highest BCUT2D eigenvalue weighted by molar-refractivity contribution is 7.89. The number of anilines is 2. The Bertz CT molecular complexity index is 1090. The second-order valence-corrected chi connectivity index (χ2v) is 9.75. The lowest BCUT2D eigenvalue weighted by molar-refractivity contribution is -0.121. The van der Waals surface area contributed by atoms with E-state index in [2.05, 4.69) is 5.32 Å². The molecular formula is C22H24FN3O4S. The molecule has 1 N–H and O–H groups in total. The second-order valence-electron chi connectivity index (χ2n) is 7.81. The average Bonchev–Trinajstić information content (AvgIpc) is 3.20. The van der Waals surface area contributed by atoms with E-state index in [0.29, 0.717) is 43.7 Å². The molecule has 1 unspecified atom stereocenters. The molecule has 31 heavy (non-hydrogen) atoms. The van der Waals surface area contributed by atoms with Gasteiger partial charge in [-0.1, -0.05) is 12.1 Å². The number of amides is 2. The van der Waals surface area contributed by atoms with Gasteiger partial charge in [-0.2, -0.15) is 4.31 Å². The summed E-state index contributed by atoms with van der Waals surface area (Å²) < 4.78 is 40.3. The zero-order chi connectivity index (χ0) is 22.0. The number of sulfonamides is 1. The van der Waals surface area contributed by atoms with Gasteiger partial charge in [0.15, 0.2) is 0 Å². The van der Waals surface area contributed by atoms with Crippen molar-refractivity contribution >= 4 is 33.2 Å². The first-order valence-electron chi connectivity index (χ1n) is 10.3. The number of halogens is 1. The number of piperidine rings is 1. The summed E-state index contributed by atoms with van der Waals surface area (Å²) in [4.78, 5) is 26.8. The topological polar surface area (TPSA) is 86.8 Å². The molecule has 0 aromatic heterocycles. The minimum absolute atomic E-state index is 0.00727. The zero-order valence-electron chi connectivity index (χ0n) is 17.0. The van der Waals surface area contributed by atoms with Crippen molar-refractivity contribution in [3.05, 3.63) is 54.3 Å². The summed E-state index contributed by atoms with van der Waals surface area (Å²) in [5.74, 6) is -1.29. The van der Waals surface area contributed by atoms with Crippen LogP contribution in [0, 0.1) is 11.7 Å². The predicted molar refractivity (Wildman–Crippen MR) is 115 cm³/mol. The van der Waals surface area contributed by atoms with Crippen LogP contribution in [0.3, 0.4) is 0 Å². The molecule has 2 fully saturated rings. The van der Waals surface area contributed by atoms with Crippen LogP contribution in [0.15, 0.2) is 53.4 Å². The van der Waals surface area contributed by atoms with Gasteiger partial charge in [-0.05, 0) is 55.7 Å². The molecule has 7 nitrogen and oxygen atoms in total. The number of hydrogen-bond acceptors (Lipinski definition) is 4. The van der Waals surface area contributed by atoms with E-state index < -0.39 is 21.8 Å². The summed E-state index contributed by atoms with van der Waals surface area (Å²) in [6.45, 7) is 0.970. The third-order valence-electron chi connectivity index (χ3n) is 5.73. The number of nitrogens with zero attached hydrogens (tertiary/aromatic N) is 2. The normalized spacial score (nSPS) is 20.1. The summed E-state index contributed by atoms with van der Waals surface area (Å²) in [6.07, 6.45) is 2.37. The van der Waals surface area contributed by atoms with E-state index in [1.807, 2.05) is 6.07 Å². The molecule has 2 heterocycles. The lowest BCUT2D eigenvalue weighted by atomic mass is 9.98. The van der Waals surface area contributed by atoms with Gasteiger partial charge < -0.3 is 10.2 Å². The van der Waals surface area contributed by atoms with Crippen molar-refractivity contribution in [2.45, 2.75) is 30.6 Å². The number of benzene rings is 2. The van der Waals surface area contributed by atoms with E-state index in [4.69, 9.17) is 0 Å². The first kappa shape index (κ1) is 21.5. The number of para-hydroxylation sites is 2. The number of hydrogen-bond donors (Lipinski definition) is 1. The highest BCUT2D eigenvalue weighted by Gasteiger charge is 2.34. The lowest BCUT2D eigenvalue weighted by Gasteiger charge is -2.31. The van der Waals surface area contributed by atoms with Crippen molar-refractivity contribution in [2.24, 2.45) is 5.92 Å². The van der Waals surface area contributed by atoms with Crippen LogP contribution in [0.5, 0.6) is 0 Å². The van der Waals surface area contributed by atoms with Crippen LogP contribution in [0.4, 0.5) is 15.8 Å². The Morgan fingerprint density at radius 2 is 1.77 bits per heavy atom. The molecule has 1 atom stereocenters. The third kappa shape index (κ3) is 4.47. The maximum atomic E-state index is 13.2. The summed E-state index contributed by atoms with van der Waals surface area (Å²) in [7, 11) is -3.81. The van der Waals surface area contributed by atoms with Crippen molar-refractivity contribution < 1.29 is 22.4 Å². The zero-order valence-corrected chi connectivity index (χ0v) is 17.8. The second kappa shape index (κ2) is 8.76. The van der Waals surface area contributed by atoms with E-state index >= 15 is 0 Å². The number of nitrogens with one attached hydrogen (secondary N) is 1. The summed E-state index contributed by atoms with van der Waals surface area (Å²) in [5.41, 5.74) is 1.20. The quantitative estimate of drug-likeness (QED) is 0.767. The monoisotopic (exact) mass is 445 g/mol. The summed E-state index contributed by atoms with van der Waals surface area (Å²) in [5, 5.41) is 2.89. The largest absolute Gasteiger partial charge is 0.324 e. The Labute approximate surface area is 180 Å². The Kier molecular flexibility index (Phi) is 6.06. The maximum Gasteiger partial charge on any atom is 0.243 e. The van der Waals surface area contributed by atoms with Crippen molar-refractivity contribution in [1.82, 2.24) is 4.31 Å². The molecule has 2 aromatic carbocycles. The maximum absolute atomic E-state index is 13.2. The van der Waals surface area contributed by atoms with E-state index in [1.165, 1.54) is 16.4 Å². The fourth-order valence-electron chi connectivity index (χ4n) is 4.08. The molecule has 2 aliphatic rings. The molecule has 2 saturated heterocycles. The van der Waals surface area contributed by atoms with Gasteiger partial charge in [-0.3, -0.25) is 9.59 Å². The molecule has 2 aromatic rings. The van der Waals surface area contributed by atoms with Crippen LogP contribution in [0.2, 0.25) is 0 Å². The molecular weight excluding hydrogens is 421 g/mol. The Balaban J connectivity index is 1.49. The molecule has 0 radical (unpaired) electrons. The molecule has 9 heteroatoms. The third-order valence-corrected chi connectivity index (χ3v) is 7.61. The van der Waals surface area contributed by atoms with Crippen LogP contribution in [0.25, 0.3) is 0 Å². The van der Waals surface area contributed by atoms with Crippen LogP contribution >= 0.6 is 0 Å². The van der Waals surface area contributed by atoms with Crippen LogP contribution in [-0.2, 0) is 19.6 Å². The number of carbonyl (C=O) groups excluding carboxylic acids is 2. The van der Waals surface area contributed by atoms with Gasteiger partial charge in [0, 0.05) is 26.1 Å². The van der Waals surface area contributed by atoms with E-state index in [0.717, 1.165) is 18.6 Å². The van der Waals surface area contributed by atoms with Crippen molar-refractivity contribution in [2.75, 3.05) is 29.9 Å². The number of carbonyl (C=O) groups is 2. The Morgan fingerprint density at radius 3 is 2.48 bits per heavy atom. The molecule has 2 amide bonds. The Hall–Kier alpha value is -2.78. The molecule has 0 aliphatic carbocycles. The fraction of sp³-hybridized carbons (Fsp3) is 0.364. The molecule has 164 valence electrons. The first-order valence-corrected chi connectivity index (χ1v) is 11.8. The van der Waals surface area contributed by atoms with Gasteiger partial charge in [-0.25, -0.2) is 12.8 Å².